The van der Waals surface area contributed by atoms with Gasteiger partial charge in [-0.1, -0.05) is 0 Å². The van der Waals surface area contributed by atoms with Crippen molar-refractivity contribution in [1.29, 1.82) is 0 Å². The van der Waals surface area contributed by atoms with Crippen LogP contribution >= 0.6 is 0 Å². The quantitative estimate of drug-likeness (QED) is 0.559. The molecule has 0 saturated heterocycles. The largest absolute Gasteiger partial charge is 0.461 e. The molecule has 0 saturated carbocycles. The van der Waals surface area contributed by atoms with Crippen LogP contribution in [0.3, 0.4) is 0 Å². The van der Waals surface area contributed by atoms with Gasteiger partial charge in [0.1, 0.15) is 0 Å². The van der Waals surface area contributed by atoms with Gasteiger partial charge in [0.25, 0.3) is 5.56 Å². The fourth-order valence-corrected chi connectivity index (χ4v) is 0.967. The molecule has 0 aliphatic carbocycles. The van der Waals surface area contributed by atoms with E-state index >= 15 is 0 Å². The number of carbonyl (C=O) groups is 1. The van der Waals surface area contributed by atoms with E-state index in [-0.39, 0.29) is 12.3 Å². The molecule has 1 heterocycles. The number of aryl methyl sites for hydroxylation is 1. The minimum absolute atomic E-state index is 0.161. The van der Waals surface area contributed by atoms with E-state index in [0.29, 0.717) is 0 Å². The van der Waals surface area contributed by atoms with Crippen LogP contribution in [0.4, 0.5) is 5.69 Å². The maximum Gasteiger partial charge on any atom is 0.358 e. The Kier molecular flexibility index (Phi) is 2.80. The van der Waals surface area contributed by atoms with E-state index in [0.717, 1.165) is 4.68 Å². The van der Waals surface area contributed by atoms with Gasteiger partial charge in [0, 0.05) is 7.05 Å². The number of esters is 1. The van der Waals surface area contributed by atoms with Crippen molar-refractivity contribution >= 4 is 11.7 Å². The van der Waals surface area contributed by atoms with Crippen LogP contribution in [0.2, 0.25) is 0 Å². The number of H-pyrrole nitrogens is 1. The molecule has 0 aromatic carbocycles. The topological polar surface area (TPSA) is 93.5 Å². The number of nitroso groups, excluding NO2 is 1. The van der Waals surface area contributed by atoms with Gasteiger partial charge in [-0.3, -0.25) is 14.6 Å². The average Bonchev–Trinajstić information content (AvgIpc) is 2.44. The average molecular weight is 199 g/mol. The smallest absolute Gasteiger partial charge is 0.358 e. The Morgan fingerprint density at radius 3 is 2.79 bits per heavy atom. The third-order valence-electron chi connectivity index (χ3n) is 1.59. The third kappa shape index (κ3) is 1.56. The van der Waals surface area contributed by atoms with Crippen LogP contribution in [0.25, 0.3) is 0 Å². The molecule has 7 nitrogen and oxygen atoms in total. The summed E-state index contributed by atoms with van der Waals surface area (Å²) < 4.78 is 5.61. The molecule has 0 fully saturated rings. The highest BCUT2D eigenvalue weighted by Gasteiger charge is 2.20. The van der Waals surface area contributed by atoms with Crippen molar-refractivity contribution in [3.63, 3.8) is 0 Å². The first-order chi connectivity index (χ1) is 6.61. The zero-order chi connectivity index (χ0) is 10.7. The number of nitrogens with zero attached hydrogens (tertiary/aromatic N) is 2. The molecule has 0 amide bonds. The lowest BCUT2D eigenvalue weighted by Gasteiger charge is -1.97. The zero-order valence-corrected chi connectivity index (χ0v) is 7.73. The molecule has 0 aliphatic heterocycles. The summed E-state index contributed by atoms with van der Waals surface area (Å²) in [7, 11) is 1.37. The first-order valence-electron chi connectivity index (χ1n) is 3.91. The number of nitrogens with one attached hydrogen (secondary N) is 1. The van der Waals surface area contributed by atoms with Crippen molar-refractivity contribution in [2.75, 3.05) is 6.61 Å². The van der Waals surface area contributed by atoms with Crippen LogP contribution in [0.5, 0.6) is 0 Å². The van der Waals surface area contributed by atoms with Gasteiger partial charge < -0.3 is 4.74 Å². The van der Waals surface area contributed by atoms with Crippen molar-refractivity contribution in [2.24, 2.45) is 12.2 Å². The molecule has 0 unspecified atom stereocenters. The van der Waals surface area contributed by atoms with E-state index in [4.69, 9.17) is 0 Å². The Labute approximate surface area is 78.6 Å². The first-order valence-corrected chi connectivity index (χ1v) is 3.91. The zero-order valence-electron chi connectivity index (χ0n) is 7.73. The maximum absolute atomic E-state index is 11.2. The van der Waals surface area contributed by atoms with Crippen LogP contribution in [0.1, 0.15) is 17.4 Å². The van der Waals surface area contributed by atoms with E-state index in [9.17, 15) is 14.5 Å². The number of hydrogen-bond donors (Lipinski definition) is 1. The number of aromatic amines is 1. The van der Waals surface area contributed by atoms with Gasteiger partial charge in [0.05, 0.1) is 6.61 Å². The van der Waals surface area contributed by atoms with Crippen LogP contribution in [-0.4, -0.2) is 22.4 Å². The molecular formula is C7H9N3O4. The van der Waals surface area contributed by atoms with Crippen molar-refractivity contribution in [3.8, 4) is 0 Å². The van der Waals surface area contributed by atoms with Gasteiger partial charge in [0.2, 0.25) is 5.69 Å². The SMILES string of the molecule is CCOC(=O)c1[nH]n(C)c(=O)c1N=O. The van der Waals surface area contributed by atoms with Gasteiger partial charge >= 0.3 is 5.97 Å². The number of carbonyl (C=O) groups excluding carboxylic acids is 1. The second-order valence-electron chi connectivity index (χ2n) is 2.51. The van der Waals surface area contributed by atoms with Crippen molar-refractivity contribution < 1.29 is 9.53 Å². The highest BCUT2D eigenvalue weighted by atomic mass is 16.5. The predicted molar refractivity (Wildman–Crippen MR) is 47.4 cm³/mol. The van der Waals surface area contributed by atoms with Crippen LogP contribution in [0, 0.1) is 4.91 Å². The highest BCUT2D eigenvalue weighted by molar-refractivity contribution is 5.92. The summed E-state index contributed by atoms with van der Waals surface area (Å²) in [4.78, 5) is 32.6. The number of ether oxygens (including phenoxy) is 1. The summed E-state index contributed by atoms with van der Waals surface area (Å²) in [5.41, 5.74) is -1.32. The van der Waals surface area contributed by atoms with Crippen LogP contribution in [-0.2, 0) is 11.8 Å². The molecular weight excluding hydrogens is 190 g/mol. The first kappa shape index (κ1) is 10.2. The molecule has 1 aromatic rings. The van der Waals surface area contributed by atoms with Gasteiger partial charge in [-0.2, -0.15) is 0 Å². The molecule has 1 aromatic heterocycles. The van der Waals surface area contributed by atoms with Gasteiger partial charge in [-0.15, -0.1) is 4.91 Å². The summed E-state index contributed by atoms with van der Waals surface area (Å²) >= 11 is 0. The lowest BCUT2D eigenvalue weighted by Crippen LogP contribution is -2.10. The summed E-state index contributed by atoms with van der Waals surface area (Å²) in [5, 5.41) is 4.86. The monoisotopic (exact) mass is 199 g/mol. The van der Waals surface area contributed by atoms with E-state index in [1.165, 1.54) is 7.05 Å². The molecule has 0 atom stereocenters. The predicted octanol–water partition coefficient (Wildman–Crippen LogP) is 0.288. The number of aromatic nitrogens is 2. The Balaban J connectivity index is 3.21. The molecule has 7 heteroatoms. The van der Waals surface area contributed by atoms with E-state index < -0.39 is 17.2 Å². The fraction of sp³-hybridized carbons (Fsp3) is 0.429. The highest BCUT2D eigenvalue weighted by Crippen LogP contribution is 2.11. The summed E-state index contributed by atoms with van der Waals surface area (Å²) in [6, 6.07) is 0. The van der Waals surface area contributed by atoms with Gasteiger partial charge in [-0.05, 0) is 12.1 Å². The summed E-state index contributed by atoms with van der Waals surface area (Å²) in [6.45, 7) is 1.78. The van der Waals surface area contributed by atoms with Crippen LogP contribution in [0.15, 0.2) is 9.97 Å². The summed E-state index contributed by atoms with van der Waals surface area (Å²) in [6.07, 6.45) is 0. The van der Waals surface area contributed by atoms with Crippen molar-refractivity contribution in [2.45, 2.75) is 6.92 Å². The van der Waals surface area contributed by atoms with Crippen molar-refractivity contribution in [3.05, 3.63) is 21.0 Å². The number of rotatable bonds is 3. The summed E-state index contributed by atoms with van der Waals surface area (Å²) in [5.74, 6) is -0.764. The van der Waals surface area contributed by atoms with E-state index in [1.807, 2.05) is 0 Å². The second kappa shape index (κ2) is 3.86. The van der Waals surface area contributed by atoms with E-state index in [1.54, 1.807) is 6.92 Å². The second-order valence-corrected chi connectivity index (χ2v) is 2.51. The minimum atomic E-state index is -0.764. The molecule has 1 N–H and O–H groups in total. The van der Waals surface area contributed by atoms with Gasteiger partial charge in [-0.25, -0.2) is 4.79 Å². The maximum atomic E-state index is 11.2. The molecule has 0 aliphatic rings. The Hall–Kier alpha value is -1.92. The Bertz CT molecular complexity index is 417. The third-order valence-corrected chi connectivity index (χ3v) is 1.59. The minimum Gasteiger partial charge on any atom is -0.461 e. The van der Waals surface area contributed by atoms with Crippen molar-refractivity contribution in [1.82, 2.24) is 9.78 Å². The van der Waals surface area contributed by atoms with Gasteiger partial charge in [0.15, 0.2) is 5.69 Å². The Morgan fingerprint density at radius 1 is 1.64 bits per heavy atom. The molecule has 14 heavy (non-hydrogen) atoms. The normalized spacial score (nSPS) is 9.86. The number of hydrogen-bond acceptors (Lipinski definition) is 5. The lowest BCUT2D eigenvalue weighted by molar-refractivity contribution is 0.0519. The lowest BCUT2D eigenvalue weighted by atomic mass is 10.4. The molecule has 76 valence electrons. The molecule has 0 radical (unpaired) electrons. The molecule has 0 spiro atoms. The fourth-order valence-electron chi connectivity index (χ4n) is 0.967. The Morgan fingerprint density at radius 2 is 2.29 bits per heavy atom. The molecule has 0 bridgehead atoms. The standard InChI is InChI=1S/C7H9N3O4/c1-3-14-7(12)5-4(9-13)6(11)10(2)8-5/h8H,3H2,1-2H3. The van der Waals surface area contributed by atoms with E-state index in [2.05, 4.69) is 15.0 Å². The molecule has 1 rings (SSSR count). The van der Waals surface area contributed by atoms with Crippen LogP contribution < -0.4 is 5.56 Å².